The van der Waals surface area contributed by atoms with Crippen molar-refractivity contribution < 1.29 is 13.2 Å². The first-order chi connectivity index (χ1) is 7.93. The van der Waals surface area contributed by atoms with Gasteiger partial charge in [-0.1, -0.05) is 20.8 Å². The van der Waals surface area contributed by atoms with Crippen molar-refractivity contribution in [1.82, 2.24) is 5.32 Å². The van der Waals surface area contributed by atoms with E-state index in [1.54, 1.807) is 6.92 Å². The van der Waals surface area contributed by atoms with Crippen LogP contribution >= 0.6 is 0 Å². The van der Waals surface area contributed by atoms with Gasteiger partial charge in [0.1, 0.15) is 9.84 Å². The van der Waals surface area contributed by atoms with Gasteiger partial charge in [0, 0.05) is 18.4 Å². The maximum absolute atomic E-state index is 11.3. The summed E-state index contributed by atoms with van der Waals surface area (Å²) in [6.07, 6.45) is 0.672. The van der Waals surface area contributed by atoms with Crippen molar-refractivity contribution in [1.29, 1.82) is 0 Å². The van der Waals surface area contributed by atoms with Crippen LogP contribution in [0, 0.1) is 5.92 Å². The molecule has 0 aliphatic heterocycles. The molecule has 0 heterocycles. The lowest BCUT2D eigenvalue weighted by atomic mass is 10.1. The molecule has 0 saturated carbocycles. The Kier molecular flexibility index (Phi) is 8.82. The quantitative estimate of drug-likeness (QED) is 0.608. The van der Waals surface area contributed by atoms with Crippen LogP contribution in [0.2, 0.25) is 0 Å². The van der Waals surface area contributed by atoms with E-state index in [9.17, 15) is 8.42 Å². The Morgan fingerprint density at radius 1 is 1.24 bits per heavy atom. The molecule has 5 heteroatoms. The average molecular weight is 265 g/mol. The molecule has 0 aliphatic carbocycles. The molecule has 104 valence electrons. The molecule has 0 aromatic rings. The average Bonchev–Trinajstić information content (AvgIpc) is 2.27. The van der Waals surface area contributed by atoms with Crippen molar-refractivity contribution in [2.45, 2.75) is 40.2 Å². The van der Waals surface area contributed by atoms with Crippen molar-refractivity contribution in [2.24, 2.45) is 5.92 Å². The predicted molar refractivity (Wildman–Crippen MR) is 72.1 cm³/mol. The van der Waals surface area contributed by atoms with Crippen LogP contribution in [0.25, 0.3) is 0 Å². The first-order valence-corrected chi connectivity index (χ1v) is 8.26. The first-order valence-electron chi connectivity index (χ1n) is 6.44. The summed E-state index contributed by atoms with van der Waals surface area (Å²) in [5.74, 6) is 1.000. The summed E-state index contributed by atoms with van der Waals surface area (Å²) in [6.45, 7) is 10.1. The van der Waals surface area contributed by atoms with Crippen LogP contribution in [0.3, 0.4) is 0 Å². The van der Waals surface area contributed by atoms with E-state index in [1.807, 2.05) is 6.92 Å². The smallest absolute Gasteiger partial charge is 0.150 e. The highest BCUT2D eigenvalue weighted by molar-refractivity contribution is 7.91. The fraction of sp³-hybridized carbons (Fsp3) is 1.00. The molecule has 0 spiro atoms. The van der Waals surface area contributed by atoms with E-state index in [0.717, 1.165) is 13.2 Å². The third-order valence-electron chi connectivity index (χ3n) is 2.78. The third-order valence-corrected chi connectivity index (χ3v) is 4.58. The molecule has 4 nitrogen and oxygen atoms in total. The van der Waals surface area contributed by atoms with Gasteiger partial charge in [0.15, 0.2) is 0 Å². The van der Waals surface area contributed by atoms with Gasteiger partial charge in [0.05, 0.1) is 12.4 Å². The number of sulfone groups is 1. The highest BCUT2D eigenvalue weighted by Crippen LogP contribution is 2.02. The summed E-state index contributed by atoms with van der Waals surface area (Å²) in [5.41, 5.74) is 0. The molecule has 0 aromatic heterocycles. The Bertz CT molecular complexity index is 275. The van der Waals surface area contributed by atoms with Crippen molar-refractivity contribution in [3.05, 3.63) is 0 Å². The molecular formula is C12H27NO3S. The van der Waals surface area contributed by atoms with Crippen LogP contribution < -0.4 is 5.32 Å². The molecule has 0 rings (SSSR count). The Hall–Kier alpha value is -0.130. The van der Waals surface area contributed by atoms with Crippen LogP contribution in [0.4, 0.5) is 0 Å². The van der Waals surface area contributed by atoms with E-state index in [4.69, 9.17) is 4.74 Å². The molecule has 1 unspecified atom stereocenters. The molecule has 0 saturated heterocycles. The standard InChI is InChI=1S/C12H27NO3S/c1-5-16-10-12(11(3)4)13-8-7-9-17(14,15)6-2/h11-13H,5-10H2,1-4H3. The number of hydrogen-bond donors (Lipinski definition) is 1. The minimum atomic E-state index is -2.83. The largest absolute Gasteiger partial charge is 0.380 e. The minimum Gasteiger partial charge on any atom is -0.380 e. The molecular weight excluding hydrogens is 238 g/mol. The number of hydrogen-bond acceptors (Lipinski definition) is 4. The molecule has 0 bridgehead atoms. The number of ether oxygens (including phenoxy) is 1. The molecule has 0 fully saturated rings. The van der Waals surface area contributed by atoms with Crippen molar-refractivity contribution in [3.63, 3.8) is 0 Å². The van der Waals surface area contributed by atoms with Crippen LogP contribution in [0.5, 0.6) is 0 Å². The van der Waals surface area contributed by atoms with Gasteiger partial charge in [-0.2, -0.15) is 0 Å². The Morgan fingerprint density at radius 3 is 2.35 bits per heavy atom. The fourth-order valence-electron chi connectivity index (χ4n) is 1.46. The molecule has 0 radical (unpaired) electrons. The molecule has 0 amide bonds. The second kappa shape index (κ2) is 8.89. The van der Waals surface area contributed by atoms with Crippen molar-refractivity contribution in [3.8, 4) is 0 Å². The maximum atomic E-state index is 11.3. The summed E-state index contributed by atoms with van der Waals surface area (Å²) in [5, 5.41) is 3.36. The summed E-state index contributed by atoms with van der Waals surface area (Å²) < 4.78 is 28.0. The van der Waals surface area contributed by atoms with Crippen LogP contribution in [0.1, 0.15) is 34.1 Å². The van der Waals surface area contributed by atoms with Gasteiger partial charge in [-0.25, -0.2) is 8.42 Å². The second-order valence-electron chi connectivity index (χ2n) is 4.55. The zero-order valence-corrected chi connectivity index (χ0v) is 12.3. The lowest BCUT2D eigenvalue weighted by Crippen LogP contribution is -2.39. The fourth-order valence-corrected chi connectivity index (χ4v) is 2.33. The topological polar surface area (TPSA) is 55.4 Å². The Morgan fingerprint density at radius 2 is 1.88 bits per heavy atom. The van der Waals surface area contributed by atoms with Crippen LogP contribution in [-0.2, 0) is 14.6 Å². The molecule has 1 N–H and O–H groups in total. The number of rotatable bonds is 10. The summed E-state index contributed by atoms with van der Waals surface area (Å²) >= 11 is 0. The third kappa shape index (κ3) is 8.57. The molecule has 17 heavy (non-hydrogen) atoms. The summed E-state index contributed by atoms with van der Waals surface area (Å²) in [6, 6.07) is 0.305. The van der Waals surface area contributed by atoms with Crippen LogP contribution in [-0.4, -0.2) is 45.7 Å². The van der Waals surface area contributed by atoms with Gasteiger partial charge in [-0.15, -0.1) is 0 Å². The van der Waals surface area contributed by atoms with E-state index >= 15 is 0 Å². The zero-order chi connectivity index (χ0) is 13.3. The van der Waals surface area contributed by atoms with Crippen LogP contribution in [0.15, 0.2) is 0 Å². The number of nitrogens with one attached hydrogen (secondary N) is 1. The zero-order valence-electron chi connectivity index (χ0n) is 11.5. The van der Waals surface area contributed by atoms with Gasteiger partial charge in [0.25, 0.3) is 0 Å². The Labute approximate surface area is 106 Å². The second-order valence-corrected chi connectivity index (χ2v) is 7.03. The first kappa shape index (κ1) is 16.9. The van der Waals surface area contributed by atoms with E-state index < -0.39 is 9.84 Å². The minimum absolute atomic E-state index is 0.236. The van der Waals surface area contributed by atoms with Gasteiger partial charge < -0.3 is 10.1 Å². The molecule has 0 aliphatic rings. The van der Waals surface area contributed by atoms with E-state index in [1.165, 1.54) is 0 Å². The molecule has 1 atom stereocenters. The van der Waals surface area contributed by atoms with E-state index in [-0.39, 0.29) is 11.5 Å². The maximum Gasteiger partial charge on any atom is 0.150 e. The summed E-state index contributed by atoms with van der Waals surface area (Å²) in [7, 11) is -2.83. The highest BCUT2D eigenvalue weighted by Gasteiger charge is 2.13. The van der Waals surface area contributed by atoms with E-state index in [0.29, 0.717) is 25.0 Å². The van der Waals surface area contributed by atoms with Gasteiger partial charge in [-0.05, 0) is 25.8 Å². The highest BCUT2D eigenvalue weighted by atomic mass is 32.2. The lowest BCUT2D eigenvalue weighted by Gasteiger charge is -2.22. The normalized spacial score (nSPS) is 14.2. The monoisotopic (exact) mass is 265 g/mol. The van der Waals surface area contributed by atoms with Gasteiger partial charge in [0.2, 0.25) is 0 Å². The van der Waals surface area contributed by atoms with Crippen molar-refractivity contribution >= 4 is 9.84 Å². The Balaban J connectivity index is 3.82. The van der Waals surface area contributed by atoms with Crippen molar-refractivity contribution in [2.75, 3.05) is 31.3 Å². The summed E-state index contributed by atoms with van der Waals surface area (Å²) in [4.78, 5) is 0. The predicted octanol–water partition coefficient (Wildman–Crippen LogP) is 1.46. The SMILES string of the molecule is CCOCC(NCCCS(=O)(=O)CC)C(C)C. The van der Waals surface area contributed by atoms with Gasteiger partial charge in [-0.3, -0.25) is 0 Å². The van der Waals surface area contributed by atoms with E-state index in [2.05, 4.69) is 19.2 Å². The molecule has 0 aromatic carbocycles. The lowest BCUT2D eigenvalue weighted by molar-refractivity contribution is 0.108. The van der Waals surface area contributed by atoms with Gasteiger partial charge >= 0.3 is 0 Å².